The lowest BCUT2D eigenvalue weighted by Gasteiger charge is -2.13. The van der Waals surface area contributed by atoms with E-state index in [0.717, 1.165) is 5.56 Å². The maximum Gasteiger partial charge on any atom is 0.325 e. The van der Waals surface area contributed by atoms with E-state index in [1.165, 1.54) is 20.3 Å². The molecule has 0 aliphatic carbocycles. The first-order valence-electron chi connectivity index (χ1n) is 7.44. The number of halogens is 1. The fourth-order valence-electron chi connectivity index (χ4n) is 2.03. The third kappa shape index (κ3) is 5.12. The molecule has 2 aromatic rings. The molecule has 6 nitrogen and oxygen atoms in total. The first-order chi connectivity index (χ1) is 12.0. The molecule has 1 amide bonds. The minimum absolute atomic E-state index is 0.206. The molecule has 0 aliphatic rings. The zero-order valence-corrected chi connectivity index (χ0v) is 14.6. The summed E-state index contributed by atoms with van der Waals surface area (Å²) in [5.41, 5.74) is 1.18. The molecular weight excluding hydrogens is 346 g/mol. The molecule has 0 fully saturated rings. The Morgan fingerprint density at radius 3 is 2.52 bits per heavy atom. The van der Waals surface area contributed by atoms with Gasteiger partial charge in [-0.15, -0.1) is 0 Å². The molecule has 1 N–H and O–H groups in total. The standard InChI is InChI=1S/C18H18ClNO5/c1-23-16-9-12(18(22)20-10-17(21)24-2)7-8-15(16)25-11-13-5-3-4-6-14(13)19/h3-9H,10-11H2,1-2H3,(H,20,22). The Morgan fingerprint density at radius 2 is 1.84 bits per heavy atom. The maximum absolute atomic E-state index is 12.0. The van der Waals surface area contributed by atoms with Crippen molar-refractivity contribution in [3.63, 3.8) is 0 Å². The Labute approximate surface area is 150 Å². The number of amides is 1. The van der Waals surface area contributed by atoms with Crippen LogP contribution in [0.5, 0.6) is 11.5 Å². The van der Waals surface area contributed by atoms with Crippen molar-refractivity contribution in [3.8, 4) is 11.5 Å². The second-order valence-electron chi connectivity index (χ2n) is 5.00. The van der Waals surface area contributed by atoms with Crippen LogP contribution in [0, 0.1) is 0 Å². The molecule has 132 valence electrons. The summed E-state index contributed by atoms with van der Waals surface area (Å²) >= 11 is 6.10. The van der Waals surface area contributed by atoms with Crippen molar-refractivity contribution in [2.75, 3.05) is 20.8 Å². The molecule has 0 heterocycles. The number of carbonyl (C=O) groups excluding carboxylic acids is 2. The summed E-state index contributed by atoms with van der Waals surface area (Å²) in [6.07, 6.45) is 0. The highest BCUT2D eigenvalue weighted by atomic mass is 35.5. The molecule has 0 saturated carbocycles. The average Bonchev–Trinajstić information content (AvgIpc) is 2.65. The number of ether oxygens (including phenoxy) is 3. The largest absolute Gasteiger partial charge is 0.493 e. The summed E-state index contributed by atoms with van der Waals surface area (Å²) in [4.78, 5) is 23.1. The van der Waals surface area contributed by atoms with Crippen molar-refractivity contribution in [2.45, 2.75) is 6.61 Å². The number of hydrogen-bond acceptors (Lipinski definition) is 5. The highest BCUT2D eigenvalue weighted by molar-refractivity contribution is 6.31. The van der Waals surface area contributed by atoms with Crippen molar-refractivity contribution in [1.29, 1.82) is 0 Å². The van der Waals surface area contributed by atoms with Crippen LogP contribution in [0.1, 0.15) is 15.9 Å². The van der Waals surface area contributed by atoms with Crippen LogP contribution in [-0.2, 0) is 16.1 Å². The lowest BCUT2D eigenvalue weighted by atomic mass is 10.2. The lowest BCUT2D eigenvalue weighted by molar-refractivity contribution is -0.139. The van der Waals surface area contributed by atoms with Crippen molar-refractivity contribution in [2.24, 2.45) is 0 Å². The first-order valence-corrected chi connectivity index (χ1v) is 7.82. The maximum atomic E-state index is 12.0. The second-order valence-corrected chi connectivity index (χ2v) is 5.41. The van der Waals surface area contributed by atoms with E-state index in [0.29, 0.717) is 22.1 Å². The normalized spacial score (nSPS) is 10.0. The van der Waals surface area contributed by atoms with Crippen LogP contribution < -0.4 is 14.8 Å². The molecule has 0 radical (unpaired) electrons. The molecule has 0 atom stereocenters. The third-order valence-electron chi connectivity index (χ3n) is 3.39. The quantitative estimate of drug-likeness (QED) is 0.766. The monoisotopic (exact) mass is 363 g/mol. The van der Waals surface area contributed by atoms with Crippen molar-refractivity contribution in [1.82, 2.24) is 5.32 Å². The van der Waals surface area contributed by atoms with Gasteiger partial charge in [-0.2, -0.15) is 0 Å². The Bertz CT molecular complexity index is 763. The molecule has 0 aliphatic heterocycles. The predicted octanol–water partition coefficient (Wildman–Crippen LogP) is 2.83. The van der Waals surface area contributed by atoms with E-state index in [-0.39, 0.29) is 13.2 Å². The predicted molar refractivity (Wildman–Crippen MR) is 93.1 cm³/mol. The molecule has 0 unspecified atom stereocenters. The van der Waals surface area contributed by atoms with Gasteiger partial charge in [0, 0.05) is 16.1 Å². The lowest BCUT2D eigenvalue weighted by Crippen LogP contribution is -2.30. The fraction of sp³-hybridized carbons (Fsp3) is 0.222. The number of hydrogen-bond donors (Lipinski definition) is 1. The Hall–Kier alpha value is -2.73. The zero-order chi connectivity index (χ0) is 18.2. The summed E-state index contributed by atoms with van der Waals surface area (Å²) < 4.78 is 15.5. The van der Waals surface area contributed by atoms with E-state index in [1.807, 2.05) is 18.2 Å². The van der Waals surface area contributed by atoms with Crippen LogP contribution in [0.4, 0.5) is 0 Å². The van der Waals surface area contributed by atoms with E-state index in [2.05, 4.69) is 10.1 Å². The summed E-state index contributed by atoms with van der Waals surface area (Å²) in [6.45, 7) is 0.0618. The van der Waals surface area contributed by atoms with Gasteiger partial charge in [-0.1, -0.05) is 29.8 Å². The molecule has 2 rings (SSSR count). The van der Waals surface area contributed by atoms with Gasteiger partial charge in [-0.25, -0.2) is 0 Å². The van der Waals surface area contributed by atoms with Gasteiger partial charge in [-0.05, 0) is 24.3 Å². The van der Waals surface area contributed by atoms with Crippen LogP contribution in [0.25, 0.3) is 0 Å². The summed E-state index contributed by atoms with van der Waals surface area (Å²) in [5, 5.41) is 3.07. The summed E-state index contributed by atoms with van der Waals surface area (Å²) in [5.74, 6) is -0.0638. The SMILES string of the molecule is COC(=O)CNC(=O)c1ccc(OCc2ccccc2Cl)c(OC)c1. The van der Waals surface area contributed by atoms with Crippen LogP contribution in [0.2, 0.25) is 5.02 Å². The molecular formula is C18H18ClNO5. The fourth-order valence-corrected chi connectivity index (χ4v) is 2.22. The van der Waals surface area contributed by atoms with Gasteiger partial charge in [0.15, 0.2) is 11.5 Å². The first kappa shape index (κ1) is 18.6. The van der Waals surface area contributed by atoms with E-state index in [9.17, 15) is 9.59 Å². The van der Waals surface area contributed by atoms with Crippen LogP contribution >= 0.6 is 11.6 Å². The number of nitrogens with one attached hydrogen (secondary N) is 1. The number of rotatable bonds is 7. The Kier molecular flexibility index (Phi) is 6.65. The molecule has 25 heavy (non-hydrogen) atoms. The van der Waals surface area contributed by atoms with Gasteiger partial charge in [0.1, 0.15) is 13.2 Å². The Morgan fingerprint density at radius 1 is 1.08 bits per heavy atom. The molecule has 0 saturated heterocycles. The smallest absolute Gasteiger partial charge is 0.325 e. The van der Waals surface area contributed by atoms with Gasteiger partial charge in [0.05, 0.1) is 14.2 Å². The van der Waals surface area contributed by atoms with Gasteiger partial charge in [0.25, 0.3) is 5.91 Å². The van der Waals surface area contributed by atoms with E-state index in [4.69, 9.17) is 21.1 Å². The van der Waals surface area contributed by atoms with E-state index >= 15 is 0 Å². The average molecular weight is 364 g/mol. The topological polar surface area (TPSA) is 73.9 Å². The van der Waals surface area contributed by atoms with Gasteiger partial charge in [-0.3, -0.25) is 9.59 Å². The number of carbonyl (C=O) groups is 2. The van der Waals surface area contributed by atoms with Crippen molar-refractivity contribution in [3.05, 3.63) is 58.6 Å². The highest BCUT2D eigenvalue weighted by Gasteiger charge is 2.13. The Balaban J connectivity index is 2.07. The van der Waals surface area contributed by atoms with Crippen LogP contribution in [0.3, 0.4) is 0 Å². The minimum Gasteiger partial charge on any atom is -0.493 e. The van der Waals surface area contributed by atoms with Gasteiger partial charge in [0.2, 0.25) is 0 Å². The summed E-state index contributed by atoms with van der Waals surface area (Å²) in [6, 6.07) is 12.1. The second kappa shape index (κ2) is 8.94. The van der Waals surface area contributed by atoms with Crippen LogP contribution in [-0.4, -0.2) is 32.6 Å². The summed E-state index contributed by atoms with van der Waals surface area (Å²) in [7, 11) is 2.73. The molecule has 0 spiro atoms. The van der Waals surface area contributed by atoms with Crippen LogP contribution in [0.15, 0.2) is 42.5 Å². The molecule has 0 aromatic heterocycles. The van der Waals surface area contributed by atoms with Crippen molar-refractivity contribution < 1.29 is 23.8 Å². The minimum atomic E-state index is -0.528. The van der Waals surface area contributed by atoms with Gasteiger partial charge < -0.3 is 19.5 Å². The highest BCUT2D eigenvalue weighted by Crippen LogP contribution is 2.29. The number of methoxy groups -OCH3 is 2. The van der Waals surface area contributed by atoms with Crippen molar-refractivity contribution >= 4 is 23.5 Å². The van der Waals surface area contributed by atoms with E-state index < -0.39 is 11.9 Å². The number of esters is 1. The zero-order valence-electron chi connectivity index (χ0n) is 13.9. The molecule has 2 aromatic carbocycles. The number of benzene rings is 2. The van der Waals surface area contributed by atoms with E-state index in [1.54, 1.807) is 18.2 Å². The molecule has 0 bridgehead atoms. The van der Waals surface area contributed by atoms with Gasteiger partial charge >= 0.3 is 5.97 Å². The molecule has 7 heteroatoms. The third-order valence-corrected chi connectivity index (χ3v) is 3.76.